The minimum atomic E-state index is -1.22. The Bertz CT molecular complexity index is 720. The molecule has 2 nitrogen and oxygen atoms in total. The number of rotatable bonds is 3. The van der Waals surface area contributed by atoms with Crippen molar-refractivity contribution < 1.29 is 8.82 Å². The molecule has 0 aliphatic heterocycles. The first-order valence-corrected chi connectivity index (χ1v) is 10.8. The summed E-state index contributed by atoms with van der Waals surface area (Å²) in [5.41, 5.74) is 9.93. The second kappa shape index (κ2) is 6.36. The monoisotopic (exact) mass is 331 g/mol. The summed E-state index contributed by atoms with van der Waals surface area (Å²) in [6.45, 7) is 12.8. The van der Waals surface area contributed by atoms with E-state index in [4.69, 9.17) is 10.2 Å². The Morgan fingerprint density at radius 3 is 2.26 bits per heavy atom. The molecule has 2 N–H and O–H groups in total. The SMILES string of the molecule is Cc1c(-c2cc(N)ccc2F)ccc(O[SiH](C)C)c1C(C)(C)C. The molecule has 0 aliphatic rings. The summed E-state index contributed by atoms with van der Waals surface area (Å²) >= 11 is 0. The maximum atomic E-state index is 14.3. The summed E-state index contributed by atoms with van der Waals surface area (Å²) in [6, 6.07) is 8.61. The van der Waals surface area contributed by atoms with E-state index in [1.165, 1.54) is 6.07 Å². The first-order valence-electron chi connectivity index (χ1n) is 7.97. The topological polar surface area (TPSA) is 35.2 Å². The van der Waals surface area contributed by atoms with E-state index in [-0.39, 0.29) is 11.2 Å². The molecule has 0 bridgehead atoms. The molecule has 0 saturated carbocycles. The van der Waals surface area contributed by atoms with Crippen LogP contribution in [0.15, 0.2) is 30.3 Å². The number of hydrogen-bond donors (Lipinski definition) is 1. The van der Waals surface area contributed by atoms with Gasteiger partial charge >= 0.3 is 0 Å². The molecule has 23 heavy (non-hydrogen) atoms. The van der Waals surface area contributed by atoms with Gasteiger partial charge in [0.25, 0.3) is 0 Å². The van der Waals surface area contributed by atoms with Crippen LogP contribution in [0.2, 0.25) is 13.1 Å². The first-order chi connectivity index (χ1) is 10.6. The van der Waals surface area contributed by atoms with Crippen LogP contribution >= 0.6 is 0 Å². The molecule has 0 unspecified atom stereocenters. The van der Waals surface area contributed by atoms with Crippen molar-refractivity contribution in [3.8, 4) is 16.9 Å². The summed E-state index contributed by atoms with van der Waals surface area (Å²) in [7, 11) is -1.22. The van der Waals surface area contributed by atoms with E-state index in [1.807, 2.05) is 19.1 Å². The lowest BCUT2D eigenvalue weighted by Crippen LogP contribution is -2.20. The van der Waals surface area contributed by atoms with Gasteiger partial charge < -0.3 is 10.2 Å². The van der Waals surface area contributed by atoms with Crippen LogP contribution in [-0.4, -0.2) is 9.04 Å². The number of hydrogen-bond acceptors (Lipinski definition) is 2. The van der Waals surface area contributed by atoms with E-state index in [1.54, 1.807) is 12.1 Å². The Morgan fingerprint density at radius 1 is 1.04 bits per heavy atom. The van der Waals surface area contributed by atoms with Gasteiger partial charge in [-0.05, 0) is 60.8 Å². The Balaban J connectivity index is 2.71. The minimum Gasteiger partial charge on any atom is -0.547 e. The van der Waals surface area contributed by atoms with Gasteiger partial charge in [0, 0.05) is 16.8 Å². The van der Waals surface area contributed by atoms with Crippen molar-refractivity contribution in [2.45, 2.75) is 46.2 Å². The van der Waals surface area contributed by atoms with Crippen molar-refractivity contribution in [1.82, 2.24) is 0 Å². The predicted octanol–water partition coefficient (Wildman–Crippen LogP) is 5.04. The predicted molar refractivity (Wildman–Crippen MR) is 99.2 cm³/mol. The lowest BCUT2D eigenvalue weighted by atomic mass is 9.81. The zero-order valence-corrected chi connectivity index (χ0v) is 16.0. The fraction of sp³-hybridized carbons (Fsp3) is 0.368. The van der Waals surface area contributed by atoms with Gasteiger partial charge in [0.05, 0.1) is 0 Å². The maximum Gasteiger partial charge on any atom is 0.229 e. The van der Waals surface area contributed by atoms with Crippen molar-refractivity contribution in [2.24, 2.45) is 0 Å². The zero-order chi connectivity index (χ0) is 17.4. The van der Waals surface area contributed by atoms with Crippen molar-refractivity contribution in [1.29, 1.82) is 0 Å². The third-order valence-electron chi connectivity index (χ3n) is 3.82. The van der Waals surface area contributed by atoms with Gasteiger partial charge in [-0.15, -0.1) is 0 Å². The highest BCUT2D eigenvalue weighted by molar-refractivity contribution is 6.49. The van der Waals surface area contributed by atoms with Crippen molar-refractivity contribution in [3.63, 3.8) is 0 Å². The van der Waals surface area contributed by atoms with Crippen LogP contribution < -0.4 is 10.2 Å². The fourth-order valence-corrected chi connectivity index (χ4v) is 3.72. The molecule has 0 spiro atoms. The van der Waals surface area contributed by atoms with Gasteiger partial charge in [0.15, 0.2) is 0 Å². The highest BCUT2D eigenvalue weighted by Gasteiger charge is 2.24. The van der Waals surface area contributed by atoms with E-state index >= 15 is 0 Å². The van der Waals surface area contributed by atoms with Gasteiger partial charge in [-0.1, -0.05) is 26.8 Å². The molecule has 0 fully saturated rings. The Hall–Kier alpha value is -1.81. The van der Waals surface area contributed by atoms with Gasteiger partial charge in [0.2, 0.25) is 9.04 Å². The molecule has 0 radical (unpaired) electrons. The van der Waals surface area contributed by atoms with E-state index in [0.717, 1.165) is 22.4 Å². The highest BCUT2D eigenvalue weighted by Crippen LogP contribution is 2.40. The molecule has 0 heterocycles. The summed E-state index contributed by atoms with van der Waals surface area (Å²) in [6.07, 6.45) is 0. The lowest BCUT2D eigenvalue weighted by molar-refractivity contribution is 0.518. The Kier molecular flexibility index (Phi) is 4.85. The Labute approximate surface area is 140 Å². The molecular weight excluding hydrogens is 305 g/mol. The molecule has 0 saturated heterocycles. The molecule has 2 aromatic rings. The second-order valence-corrected chi connectivity index (χ2v) is 9.60. The van der Waals surface area contributed by atoms with Gasteiger partial charge in [-0.3, -0.25) is 0 Å². The second-order valence-electron chi connectivity index (χ2n) is 7.27. The molecule has 2 aromatic carbocycles. The molecule has 124 valence electrons. The van der Waals surface area contributed by atoms with Crippen molar-refractivity contribution in [2.75, 3.05) is 5.73 Å². The summed E-state index contributed by atoms with van der Waals surface area (Å²) in [4.78, 5) is 0. The lowest BCUT2D eigenvalue weighted by Gasteiger charge is -2.28. The standard InChI is InChI=1S/C19H26FNOSi/c1-12-14(15-11-13(21)7-9-16(15)20)8-10-17(22-23(5)6)18(12)19(2,3)4/h7-11,23H,21H2,1-6H3. The average molecular weight is 332 g/mol. The van der Waals surface area contributed by atoms with Crippen molar-refractivity contribution in [3.05, 3.63) is 47.3 Å². The summed E-state index contributed by atoms with van der Waals surface area (Å²) in [5.74, 6) is 0.666. The molecule has 0 amide bonds. The molecule has 0 aromatic heterocycles. The van der Waals surface area contributed by atoms with E-state index in [9.17, 15) is 4.39 Å². The fourth-order valence-electron chi connectivity index (χ4n) is 3.01. The zero-order valence-electron chi connectivity index (χ0n) is 14.8. The van der Waals surface area contributed by atoms with Gasteiger partial charge in [-0.25, -0.2) is 4.39 Å². The minimum absolute atomic E-state index is 0.0878. The van der Waals surface area contributed by atoms with E-state index in [0.29, 0.717) is 11.3 Å². The Morgan fingerprint density at radius 2 is 1.70 bits per heavy atom. The van der Waals surface area contributed by atoms with Crippen LogP contribution in [0.5, 0.6) is 5.75 Å². The summed E-state index contributed by atoms with van der Waals surface area (Å²) in [5, 5.41) is 0. The smallest absolute Gasteiger partial charge is 0.229 e. The van der Waals surface area contributed by atoms with Crippen LogP contribution in [0, 0.1) is 12.7 Å². The van der Waals surface area contributed by atoms with Crippen LogP contribution in [0.25, 0.3) is 11.1 Å². The van der Waals surface area contributed by atoms with E-state index in [2.05, 4.69) is 33.9 Å². The maximum absolute atomic E-state index is 14.3. The van der Waals surface area contributed by atoms with E-state index < -0.39 is 9.04 Å². The van der Waals surface area contributed by atoms with Crippen LogP contribution in [0.3, 0.4) is 0 Å². The molecule has 2 rings (SSSR count). The normalized spacial score (nSPS) is 11.8. The number of halogens is 1. The quantitative estimate of drug-likeness (QED) is 0.631. The van der Waals surface area contributed by atoms with Crippen LogP contribution in [0.4, 0.5) is 10.1 Å². The number of nitrogen functional groups attached to an aromatic ring is 1. The number of nitrogens with two attached hydrogens (primary N) is 1. The number of benzene rings is 2. The van der Waals surface area contributed by atoms with Crippen LogP contribution in [-0.2, 0) is 5.41 Å². The number of anilines is 1. The molecular formula is C19H26FNOSi. The molecule has 0 aliphatic carbocycles. The van der Waals surface area contributed by atoms with Crippen LogP contribution in [0.1, 0.15) is 31.9 Å². The molecule has 0 atom stereocenters. The average Bonchev–Trinajstić information content (AvgIpc) is 2.40. The largest absolute Gasteiger partial charge is 0.547 e. The van der Waals surface area contributed by atoms with Gasteiger partial charge in [0.1, 0.15) is 11.6 Å². The van der Waals surface area contributed by atoms with Gasteiger partial charge in [-0.2, -0.15) is 0 Å². The third-order valence-corrected chi connectivity index (χ3v) is 4.55. The first kappa shape index (κ1) is 17.5. The molecule has 4 heteroatoms. The summed E-state index contributed by atoms with van der Waals surface area (Å²) < 4.78 is 20.4. The third kappa shape index (κ3) is 3.75. The highest BCUT2D eigenvalue weighted by atomic mass is 28.3. The van der Waals surface area contributed by atoms with Crippen molar-refractivity contribution >= 4 is 14.7 Å².